The molecular formula is C24H24F2N4O. The molecule has 2 heterocycles. The Hall–Kier alpha value is -3.22. The van der Waals surface area contributed by atoms with E-state index >= 15 is 0 Å². The molecule has 1 amide bonds. The minimum Gasteiger partial charge on any atom is -0.368 e. The summed E-state index contributed by atoms with van der Waals surface area (Å²) in [7, 11) is 0. The SMILES string of the molecule is Cc1cccc(N2CCN(C(=O)c3nn(-c4ccc(F)c(F)c4)c4c3CCC4)CC2)c1. The molecule has 0 spiro atoms. The first-order valence-electron chi connectivity index (χ1n) is 10.7. The Morgan fingerprint density at radius 3 is 2.48 bits per heavy atom. The summed E-state index contributed by atoms with van der Waals surface area (Å²) in [6, 6.07) is 12.1. The molecule has 0 N–H and O–H groups in total. The summed E-state index contributed by atoms with van der Waals surface area (Å²) in [6.07, 6.45) is 2.48. The molecule has 5 rings (SSSR count). The van der Waals surface area contributed by atoms with Crippen LogP contribution in [0, 0.1) is 18.6 Å². The number of nitrogens with zero attached hydrogens (tertiary/aromatic N) is 4. The van der Waals surface area contributed by atoms with E-state index in [1.165, 1.54) is 17.3 Å². The van der Waals surface area contributed by atoms with Crippen molar-refractivity contribution in [3.05, 3.63) is 76.6 Å². The molecule has 1 aliphatic heterocycles. The molecule has 0 bridgehead atoms. The lowest BCUT2D eigenvalue weighted by Crippen LogP contribution is -2.49. The smallest absolute Gasteiger partial charge is 0.274 e. The zero-order chi connectivity index (χ0) is 21.5. The van der Waals surface area contributed by atoms with Crippen molar-refractivity contribution in [2.75, 3.05) is 31.1 Å². The number of piperazine rings is 1. The quantitative estimate of drug-likeness (QED) is 0.643. The predicted molar refractivity (Wildman–Crippen MR) is 115 cm³/mol. The number of anilines is 1. The van der Waals surface area contributed by atoms with Crippen LogP contribution < -0.4 is 4.90 Å². The van der Waals surface area contributed by atoms with Gasteiger partial charge in [-0.25, -0.2) is 13.5 Å². The van der Waals surface area contributed by atoms with E-state index in [-0.39, 0.29) is 5.91 Å². The van der Waals surface area contributed by atoms with E-state index in [1.54, 1.807) is 4.68 Å². The van der Waals surface area contributed by atoms with Crippen molar-refractivity contribution >= 4 is 11.6 Å². The van der Waals surface area contributed by atoms with Crippen molar-refractivity contribution in [2.24, 2.45) is 0 Å². The van der Waals surface area contributed by atoms with Gasteiger partial charge in [-0.3, -0.25) is 4.79 Å². The van der Waals surface area contributed by atoms with E-state index in [0.717, 1.165) is 55.7 Å². The Labute approximate surface area is 179 Å². The van der Waals surface area contributed by atoms with Crippen LogP contribution in [0.15, 0.2) is 42.5 Å². The maximum absolute atomic E-state index is 13.8. The molecule has 31 heavy (non-hydrogen) atoms. The van der Waals surface area contributed by atoms with Crippen LogP contribution in [0.4, 0.5) is 14.5 Å². The van der Waals surface area contributed by atoms with E-state index in [0.29, 0.717) is 24.5 Å². The second-order valence-electron chi connectivity index (χ2n) is 8.26. The van der Waals surface area contributed by atoms with Gasteiger partial charge in [-0.2, -0.15) is 5.10 Å². The molecule has 0 radical (unpaired) electrons. The highest BCUT2D eigenvalue weighted by atomic mass is 19.2. The van der Waals surface area contributed by atoms with E-state index in [9.17, 15) is 13.6 Å². The van der Waals surface area contributed by atoms with Crippen LogP contribution in [0.25, 0.3) is 5.69 Å². The number of aryl methyl sites for hydroxylation is 1. The van der Waals surface area contributed by atoms with Gasteiger partial charge in [0.2, 0.25) is 0 Å². The summed E-state index contributed by atoms with van der Waals surface area (Å²) >= 11 is 0. The van der Waals surface area contributed by atoms with Gasteiger partial charge >= 0.3 is 0 Å². The maximum Gasteiger partial charge on any atom is 0.274 e. The van der Waals surface area contributed by atoms with Gasteiger partial charge in [0, 0.05) is 49.2 Å². The molecule has 1 saturated heterocycles. The summed E-state index contributed by atoms with van der Waals surface area (Å²) in [5.74, 6) is -1.89. The van der Waals surface area contributed by atoms with Gasteiger partial charge in [0.1, 0.15) is 0 Å². The van der Waals surface area contributed by atoms with E-state index in [1.807, 2.05) is 4.90 Å². The second kappa shape index (κ2) is 7.80. The number of halogens is 2. The van der Waals surface area contributed by atoms with Gasteiger partial charge in [-0.05, 0) is 56.0 Å². The first-order chi connectivity index (χ1) is 15.0. The average molecular weight is 422 g/mol. The minimum atomic E-state index is -0.917. The molecule has 7 heteroatoms. The fourth-order valence-corrected chi connectivity index (χ4v) is 4.58. The Bertz CT molecular complexity index is 1150. The van der Waals surface area contributed by atoms with Crippen molar-refractivity contribution in [3.63, 3.8) is 0 Å². The number of carbonyl (C=O) groups excluding carboxylic acids is 1. The molecule has 1 aliphatic carbocycles. The lowest BCUT2D eigenvalue weighted by atomic mass is 10.1. The van der Waals surface area contributed by atoms with Crippen LogP contribution in [-0.4, -0.2) is 46.8 Å². The van der Waals surface area contributed by atoms with Crippen LogP contribution in [-0.2, 0) is 12.8 Å². The number of carbonyl (C=O) groups is 1. The Balaban J connectivity index is 1.37. The Kier molecular flexibility index (Phi) is 4.96. The largest absolute Gasteiger partial charge is 0.368 e. The highest BCUT2D eigenvalue weighted by Crippen LogP contribution is 2.29. The first-order valence-corrected chi connectivity index (χ1v) is 10.7. The minimum absolute atomic E-state index is 0.0802. The highest BCUT2D eigenvalue weighted by Gasteiger charge is 2.31. The molecule has 2 aliphatic rings. The fourth-order valence-electron chi connectivity index (χ4n) is 4.58. The standard InChI is InChI=1S/C24H24F2N4O/c1-16-4-2-5-17(14-16)28-10-12-29(13-11-28)24(31)23-19-6-3-7-22(19)30(27-23)18-8-9-20(25)21(26)15-18/h2,4-5,8-9,14-15H,3,6-7,10-13H2,1H3. The van der Waals surface area contributed by atoms with Crippen LogP contribution in [0.1, 0.15) is 33.7 Å². The molecular weight excluding hydrogens is 398 g/mol. The average Bonchev–Trinajstić information content (AvgIpc) is 3.38. The molecule has 0 atom stereocenters. The summed E-state index contributed by atoms with van der Waals surface area (Å²) < 4.78 is 28.8. The monoisotopic (exact) mass is 422 g/mol. The van der Waals surface area contributed by atoms with Crippen molar-refractivity contribution < 1.29 is 13.6 Å². The van der Waals surface area contributed by atoms with Crippen LogP contribution in [0.5, 0.6) is 0 Å². The molecule has 1 fully saturated rings. The van der Waals surface area contributed by atoms with Crippen molar-refractivity contribution in [1.82, 2.24) is 14.7 Å². The van der Waals surface area contributed by atoms with Crippen molar-refractivity contribution in [3.8, 4) is 5.69 Å². The van der Waals surface area contributed by atoms with Gasteiger partial charge in [0.15, 0.2) is 17.3 Å². The number of hydrogen-bond acceptors (Lipinski definition) is 3. The van der Waals surface area contributed by atoms with Crippen LogP contribution in [0.3, 0.4) is 0 Å². The zero-order valence-electron chi connectivity index (χ0n) is 17.4. The molecule has 160 valence electrons. The normalized spacial score (nSPS) is 16.0. The van der Waals surface area contributed by atoms with Gasteiger partial charge in [-0.1, -0.05) is 12.1 Å². The van der Waals surface area contributed by atoms with Gasteiger partial charge in [0.05, 0.1) is 5.69 Å². The molecule has 1 aromatic heterocycles. The van der Waals surface area contributed by atoms with Crippen molar-refractivity contribution in [2.45, 2.75) is 26.2 Å². The molecule has 2 aromatic carbocycles. The third-order valence-corrected chi connectivity index (χ3v) is 6.21. The third kappa shape index (κ3) is 3.58. The van der Waals surface area contributed by atoms with E-state index in [2.05, 4.69) is 41.2 Å². The lowest BCUT2D eigenvalue weighted by Gasteiger charge is -2.36. The molecule has 3 aromatic rings. The van der Waals surface area contributed by atoms with E-state index in [4.69, 9.17) is 0 Å². The number of benzene rings is 2. The zero-order valence-corrected chi connectivity index (χ0v) is 17.4. The van der Waals surface area contributed by atoms with E-state index < -0.39 is 11.6 Å². The topological polar surface area (TPSA) is 41.4 Å². The summed E-state index contributed by atoms with van der Waals surface area (Å²) in [5, 5.41) is 4.56. The third-order valence-electron chi connectivity index (χ3n) is 6.21. The fraction of sp³-hybridized carbons (Fsp3) is 0.333. The number of rotatable bonds is 3. The second-order valence-corrected chi connectivity index (χ2v) is 8.26. The van der Waals surface area contributed by atoms with Crippen LogP contribution in [0.2, 0.25) is 0 Å². The maximum atomic E-state index is 13.8. The van der Waals surface area contributed by atoms with Gasteiger partial charge in [0.25, 0.3) is 5.91 Å². The summed E-state index contributed by atoms with van der Waals surface area (Å²) in [5.41, 5.74) is 5.15. The molecule has 5 nitrogen and oxygen atoms in total. The van der Waals surface area contributed by atoms with Gasteiger partial charge < -0.3 is 9.80 Å². The molecule has 0 saturated carbocycles. The predicted octanol–water partition coefficient (Wildman–Crippen LogP) is 3.91. The first kappa shape index (κ1) is 19.7. The highest BCUT2D eigenvalue weighted by molar-refractivity contribution is 5.94. The van der Waals surface area contributed by atoms with Crippen molar-refractivity contribution in [1.29, 1.82) is 0 Å². The number of fused-ring (bicyclic) bond motifs is 1. The molecule has 0 unspecified atom stereocenters. The number of hydrogen-bond donors (Lipinski definition) is 0. The summed E-state index contributed by atoms with van der Waals surface area (Å²) in [6.45, 7) is 4.86. The number of amides is 1. The number of aromatic nitrogens is 2. The Morgan fingerprint density at radius 1 is 0.935 bits per heavy atom. The van der Waals surface area contributed by atoms with Gasteiger partial charge in [-0.15, -0.1) is 0 Å². The summed E-state index contributed by atoms with van der Waals surface area (Å²) in [4.78, 5) is 17.5. The Morgan fingerprint density at radius 2 is 1.74 bits per heavy atom. The lowest BCUT2D eigenvalue weighted by molar-refractivity contribution is 0.0739. The van der Waals surface area contributed by atoms with Crippen LogP contribution >= 0.6 is 0 Å².